The molecule has 3 amide bonds. The third-order valence-electron chi connectivity index (χ3n) is 4.92. The van der Waals surface area contributed by atoms with Crippen LogP contribution in [0.1, 0.15) is 36.0 Å². The van der Waals surface area contributed by atoms with Gasteiger partial charge >= 0.3 is 12.1 Å². The van der Waals surface area contributed by atoms with Crippen LogP contribution in [0, 0.1) is 5.41 Å². The number of hydrogen-bond donors (Lipinski definition) is 4. The molecule has 10 nitrogen and oxygen atoms in total. The number of alkyl halides is 3. The lowest BCUT2D eigenvalue weighted by atomic mass is 10.1. The molecule has 2 aromatic carbocycles. The molecule has 5 N–H and O–H groups in total. The molecule has 15 heteroatoms. The molecule has 204 valence electrons. The summed E-state index contributed by atoms with van der Waals surface area (Å²) in [6.45, 7) is -0.0352. The van der Waals surface area contributed by atoms with E-state index in [0.29, 0.717) is 20.5 Å². The maximum atomic E-state index is 13.1. The second kappa shape index (κ2) is 12.0. The molecule has 4 rings (SSSR count). The van der Waals surface area contributed by atoms with Gasteiger partial charge in [-0.25, -0.2) is 4.79 Å². The number of amidine groups is 1. The maximum Gasteiger partial charge on any atom is 0.490 e. The highest BCUT2D eigenvalue weighted by Crippen LogP contribution is 2.32. The highest BCUT2D eigenvalue weighted by molar-refractivity contribution is 7.18. The number of ether oxygens (including phenoxy) is 1. The summed E-state index contributed by atoms with van der Waals surface area (Å²) in [7, 11) is 0. The van der Waals surface area contributed by atoms with Crippen LogP contribution in [-0.2, 0) is 11.3 Å². The Labute approximate surface area is 227 Å². The standard InChI is InChI=1S/C22H17ClN4O4S.C2HF3O2/c23-17-8-7-16(32-17)20(28)26-15-6-2-5-14-19(15)22(30)27(21(14)29)10-12-3-1-4-13(9-12)31-11-18(24)25;3-2(4,5)1(6)7/h1-9H,10-11H2,(H3,24,25)(H,26,28);(H,6,7). The number of hydrogen-bond acceptors (Lipinski definition) is 7. The average molecular weight is 583 g/mol. The normalized spacial score (nSPS) is 12.4. The Kier molecular flexibility index (Phi) is 8.93. The molecule has 0 bridgehead atoms. The van der Waals surface area contributed by atoms with Gasteiger partial charge in [-0.1, -0.05) is 29.8 Å². The Hall–Kier alpha value is -4.43. The lowest BCUT2D eigenvalue weighted by Crippen LogP contribution is -2.29. The molecule has 0 saturated heterocycles. The number of nitrogens with one attached hydrogen (secondary N) is 2. The van der Waals surface area contributed by atoms with Gasteiger partial charge in [0.15, 0.2) is 0 Å². The number of imide groups is 1. The van der Waals surface area contributed by atoms with Crippen molar-refractivity contribution in [2.24, 2.45) is 5.73 Å². The van der Waals surface area contributed by atoms with Crippen LogP contribution in [0.5, 0.6) is 5.75 Å². The molecule has 0 spiro atoms. The van der Waals surface area contributed by atoms with Crippen LogP contribution in [0.2, 0.25) is 4.34 Å². The molecule has 0 fully saturated rings. The van der Waals surface area contributed by atoms with E-state index in [1.54, 1.807) is 54.6 Å². The highest BCUT2D eigenvalue weighted by atomic mass is 35.5. The molecule has 39 heavy (non-hydrogen) atoms. The minimum atomic E-state index is -5.08. The van der Waals surface area contributed by atoms with E-state index in [-0.39, 0.29) is 35.8 Å². The van der Waals surface area contributed by atoms with Crippen LogP contribution < -0.4 is 15.8 Å². The zero-order valence-electron chi connectivity index (χ0n) is 19.5. The molecule has 3 aromatic rings. The number of nitrogens with zero attached hydrogens (tertiary/aromatic N) is 1. The second-order valence-corrected chi connectivity index (χ2v) is 9.46. The molecule has 0 atom stereocenters. The first-order valence-electron chi connectivity index (χ1n) is 10.7. The zero-order chi connectivity index (χ0) is 28.9. The van der Waals surface area contributed by atoms with Crippen molar-refractivity contribution >= 4 is 58.2 Å². The van der Waals surface area contributed by atoms with E-state index in [1.165, 1.54) is 0 Å². The smallest absolute Gasteiger partial charge is 0.486 e. The van der Waals surface area contributed by atoms with Crippen LogP contribution in [0.3, 0.4) is 0 Å². The number of carbonyl (C=O) groups excluding carboxylic acids is 3. The Morgan fingerprint density at radius 3 is 2.36 bits per heavy atom. The summed E-state index contributed by atoms with van der Waals surface area (Å²) in [6, 6.07) is 14.8. The predicted octanol–water partition coefficient (Wildman–Crippen LogP) is 4.40. The number of carboxylic acid groups (broad SMARTS) is 1. The van der Waals surface area contributed by atoms with Crippen LogP contribution >= 0.6 is 22.9 Å². The van der Waals surface area contributed by atoms with Crippen molar-refractivity contribution in [3.63, 3.8) is 0 Å². The number of rotatable bonds is 7. The minimum Gasteiger partial charge on any atom is -0.486 e. The molecule has 1 aliphatic heterocycles. The number of thiophene rings is 1. The minimum absolute atomic E-state index is 0.0253. The van der Waals surface area contributed by atoms with Gasteiger partial charge in [0.05, 0.1) is 32.6 Å². The summed E-state index contributed by atoms with van der Waals surface area (Å²) in [5.41, 5.74) is 6.61. The molecule has 0 unspecified atom stereocenters. The Morgan fingerprint density at radius 2 is 1.77 bits per heavy atom. The average Bonchev–Trinajstić information content (AvgIpc) is 3.40. The monoisotopic (exact) mass is 582 g/mol. The van der Waals surface area contributed by atoms with Gasteiger partial charge in [-0.05, 0) is 42.0 Å². The van der Waals surface area contributed by atoms with Crippen molar-refractivity contribution in [2.45, 2.75) is 12.7 Å². The quantitative estimate of drug-likeness (QED) is 0.182. The van der Waals surface area contributed by atoms with E-state index in [0.717, 1.165) is 16.2 Å². The number of aliphatic carboxylic acids is 1. The molecule has 2 heterocycles. The summed E-state index contributed by atoms with van der Waals surface area (Å²) < 4.78 is 37.6. The van der Waals surface area contributed by atoms with Gasteiger partial charge in [-0.3, -0.25) is 24.7 Å². The van der Waals surface area contributed by atoms with E-state index in [9.17, 15) is 27.6 Å². The van der Waals surface area contributed by atoms with Crippen molar-refractivity contribution in [3.05, 3.63) is 80.5 Å². The van der Waals surface area contributed by atoms with Gasteiger partial charge in [0, 0.05) is 0 Å². The fourth-order valence-electron chi connectivity index (χ4n) is 3.28. The van der Waals surface area contributed by atoms with Crippen LogP contribution in [-0.4, -0.2) is 52.3 Å². The van der Waals surface area contributed by atoms with Gasteiger partial charge in [-0.15, -0.1) is 11.3 Å². The molecule has 0 aliphatic carbocycles. The summed E-state index contributed by atoms with van der Waals surface area (Å²) in [5, 5.41) is 17.1. The topological polar surface area (TPSA) is 163 Å². The van der Waals surface area contributed by atoms with Crippen molar-refractivity contribution < 1.29 is 42.2 Å². The first kappa shape index (κ1) is 29.1. The number of benzene rings is 2. The van der Waals surface area contributed by atoms with Crippen molar-refractivity contribution in [3.8, 4) is 5.75 Å². The molecular formula is C24H18ClF3N4O6S. The van der Waals surface area contributed by atoms with E-state index in [4.69, 9.17) is 37.4 Å². The number of fused-ring (bicyclic) bond motifs is 1. The fraction of sp³-hybridized carbons (Fsp3) is 0.125. The van der Waals surface area contributed by atoms with Crippen LogP contribution in [0.15, 0.2) is 54.6 Å². The Balaban J connectivity index is 0.000000532. The number of anilines is 1. The fourth-order valence-corrected chi connectivity index (χ4v) is 4.22. The summed E-state index contributed by atoms with van der Waals surface area (Å²) in [5.74, 6) is -3.76. The number of halogens is 4. The van der Waals surface area contributed by atoms with E-state index in [1.807, 2.05) is 0 Å². The van der Waals surface area contributed by atoms with Crippen molar-refractivity contribution in [1.29, 1.82) is 5.41 Å². The highest BCUT2D eigenvalue weighted by Gasteiger charge is 2.39. The van der Waals surface area contributed by atoms with Crippen molar-refractivity contribution in [1.82, 2.24) is 4.90 Å². The van der Waals surface area contributed by atoms with Gasteiger partial charge in [0.1, 0.15) is 18.2 Å². The van der Waals surface area contributed by atoms with Crippen molar-refractivity contribution in [2.75, 3.05) is 11.9 Å². The lowest BCUT2D eigenvalue weighted by molar-refractivity contribution is -0.192. The second-order valence-electron chi connectivity index (χ2n) is 7.75. The van der Waals surface area contributed by atoms with Gasteiger partial charge < -0.3 is 20.9 Å². The van der Waals surface area contributed by atoms with E-state index in [2.05, 4.69) is 5.32 Å². The molecule has 0 saturated carbocycles. The molecule has 0 radical (unpaired) electrons. The van der Waals surface area contributed by atoms with Crippen LogP contribution in [0.25, 0.3) is 0 Å². The van der Waals surface area contributed by atoms with Gasteiger partial charge in [0.2, 0.25) is 0 Å². The molecule has 1 aliphatic rings. The van der Waals surface area contributed by atoms with Crippen LogP contribution in [0.4, 0.5) is 18.9 Å². The third kappa shape index (κ3) is 7.33. The number of carbonyl (C=O) groups is 4. The van der Waals surface area contributed by atoms with Gasteiger partial charge in [-0.2, -0.15) is 13.2 Å². The van der Waals surface area contributed by atoms with Gasteiger partial charge in [0.25, 0.3) is 17.7 Å². The number of amides is 3. The zero-order valence-corrected chi connectivity index (χ0v) is 21.1. The lowest BCUT2D eigenvalue weighted by Gasteiger charge is -2.15. The first-order valence-corrected chi connectivity index (χ1v) is 11.9. The predicted molar refractivity (Wildman–Crippen MR) is 135 cm³/mol. The Morgan fingerprint density at radius 1 is 1.10 bits per heavy atom. The molecular weight excluding hydrogens is 565 g/mol. The number of carboxylic acids is 1. The number of nitrogens with two attached hydrogens (primary N) is 1. The van der Waals surface area contributed by atoms with E-state index >= 15 is 0 Å². The Bertz CT molecular complexity index is 1460. The molecule has 1 aromatic heterocycles. The third-order valence-corrected chi connectivity index (χ3v) is 6.15. The van der Waals surface area contributed by atoms with E-state index < -0.39 is 29.9 Å². The maximum absolute atomic E-state index is 13.1. The SMILES string of the molecule is N=C(N)COc1cccc(CN2C(=O)c3cccc(NC(=O)c4ccc(Cl)s4)c3C2=O)c1.O=C(O)C(F)(F)F. The summed E-state index contributed by atoms with van der Waals surface area (Å²) >= 11 is 7.01. The first-order chi connectivity index (χ1) is 18.3. The summed E-state index contributed by atoms with van der Waals surface area (Å²) in [6.07, 6.45) is -5.08. The summed E-state index contributed by atoms with van der Waals surface area (Å²) in [4.78, 5) is 49.0. The largest absolute Gasteiger partial charge is 0.490 e.